The van der Waals surface area contributed by atoms with Crippen LogP contribution in [-0.4, -0.2) is 48.0 Å². The van der Waals surface area contributed by atoms with Crippen molar-refractivity contribution in [3.05, 3.63) is 65.2 Å². The van der Waals surface area contributed by atoms with Gasteiger partial charge in [0.15, 0.2) is 11.6 Å². The van der Waals surface area contributed by atoms with Crippen LogP contribution in [-0.2, 0) is 6.54 Å². The molecule has 2 saturated heterocycles. The van der Waals surface area contributed by atoms with Crippen LogP contribution in [0.1, 0.15) is 41.6 Å². The van der Waals surface area contributed by atoms with Crippen molar-refractivity contribution in [2.75, 3.05) is 26.2 Å². The van der Waals surface area contributed by atoms with Crippen LogP contribution in [0.4, 0.5) is 8.78 Å². The van der Waals surface area contributed by atoms with Crippen LogP contribution in [0.25, 0.3) is 0 Å². The molecule has 2 heterocycles. The molecule has 0 unspecified atom stereocenters. The molecule has 2 aliphatic heterocycles. The van der Waals surface area contributed by atoms with E-state index in [2.05, 4.69) is 4.90 Å². The van der Waals surface area contributed by atoms with Gasteiger partial charge >= 0.3 is 0 Å². The molecule has 154 valence electrons. The zero-order chi connectivity index (χ0) is 20.2. The molecule has 0 aliphatic carbocycles. The van der Waals surface area contributed by atoms with Crippen LogP contribution < -0.4 is 4.74 Å². The van der Waals surface area contributed by atoms with Gasteiger partial charge in [-0.1, -0.05) is 24.3 Å². The first kappa shape index (κ1) is 19.8. The summed E-state index contributed by atoms with van der Waals surface area (Å²) in [5.41, 5.74) is 1.00. The first-order valence-electron chi connectivity index (χ1n) is 10.3. The SMILES string of the molecule is O=C(c1ccccc1OC1CCN(Cc2cccc(F)c2F)CC1)N1CCCC1. The topological polar surface area (TPSA) is 32.8 Å². The number of halogens is 2. The van der Waals surface area contributed by atoms with Crippen LogP contribution in [0.3, 0.4) is 0 Å². The third-order valence-electron chi connectivity index (χ3n) is 5.76. The molecule has 2 aromatic rings. The molecule has 2 aromatic carbocycles. The second-order valence-electron chi connectivity index (χ2n) is 7.80. The van der Waals surface area contributed by atoms with Crippen LogP contribution in [0, 0.1) is 11.6 Å². The lowest BCUT2D eigenvalue weighted by Gasteiger charge is -2.32. The largest absolute Gasteiger partial charge is 0.489 e. The number of hydrogen-bond donors (Lipinski definition) is 0. The summed E-state index contributed by atoms with van der Waals surface area (Å²) in [5.74, 6) is -0.892. The molecule has 0 spiro atoms. The molecule has 0 aromatic heterocycles. The van der Waals surface area contributed by atoms with E-state index in [4.69, 9.17) is 4.74 Å². The lowest BCUT2D eigenvalue weighted by atomic mass is 10.1. The average molecular weight is 400 g/mol. The molecule has 0 radical (unpaired) electrons. The average Bonchev–Trinajstić information content (AvgIpc) is 3.28. The van der Waals surface area contributed by atoms with E-state index in [0.717, 1.165) is 57.9 Å². The molecule has 0 atom stereocenters. The van der Waals surface area contributed by atoms with Crippen molar-refractivity contribution < 1.29 is 18.3 Å². The Bertz CT molecular complexity index is 860. The lowest BCUT2D eigenvalue weighted by Crippen LogP contribution is -2.38. The van der Waals surface area contributed by atoms with E-state index in [1.54, 1.807) is 6.07 Å². The maximum atomic E-state index is 13.9. The van der Waals surface area contributed by atoms with Gasteiger partial charge in [-0.15, -0.1) is 0 Å². The number of para-hydroxylation sites is 1. The highest BCUT2D eigenvalue weighted by Gasteiger charge is 2.26. The quantitative estimate of drug-likeness (QED) is 0.753. The highest BCUT2D eigenvalue weighted by atomic mass is 19.2. The fourth-order valence-electron chi connectivity index (χ4n) is 4.11. The number of benzene rings is 2. The summed E-state index contributed by atoms with van der Waals surface area (Å²) in [6, 6.07) is 11.7. The minimum absolute atomic E-state index is 0.0103. The minimum Gasteiger partial charge on any atom is -0.489 e. The molecule has 4 rings (SSSR count). The van der Waals surface area contributed by atoms with Crippen molar-refractivity contribution in [2.24, 2.45) is 0 Å². The Kier molecular flexibility index (Phi) is 6.09. The first-order valence-corrected chi connectivity index (χ1v) is 10.3. The number of carbonyl (C=O) groups excluding carboxylic acids is 1. The summed E-state index contributed by atoms with van der Waals surface area (Å²) in [6.45, 7) is 3.48. The van der Waals surface area contributed by atoms with Gasteiger partial charge in [0.2, 0.25) is 0 Å². The van der Waals surface area contributed by atoms with Crippen LogP contribution in [0.5, 0.6) is 5.75 Å². The third kappa shape index (κ3) is 4.58. The van der Waals surface area contributed by atoms with Gasteiger partial charge in [-0.2, -0.15) is 0 Å². The zero-order valence-electron chi connectivity index (χ0n) is 16.4. The van der Waals surface area contributed by atoms with Crippen molar-refractivity contribution in [1.29, 1.82) is 0 Å². The van der Waals surface area contributed by atoms with Gasteiger partial charge in [-0.25, -0.2) is 8.78 Å². The normalized spacial score (nSPS) is 18.2. The number of ether oxygens (including phenoxy) is 1. The van der Waals surface area contributed by atoms with E-state index in [-0.39, 0.29) is 12.0 Å². The van der Waals surface area contributed by atoms with Crippen LogP contribution >= 0.6 is 0 Å². The Morgan fingerprint density at radius 1 is 0.966 bits per heavy atom. The predicted octanol–water partition coefficient (Wildman–Crippen LogP) is 4.24. The molecule has 2 fully saturated rings. The number of piperidine rings is 1. The summed E-state index contributed by atoms with van der Waals surface area (Å²) >= 11 is 0. The van der Waals surface area contributed by atoms with Crippen molar-refractivity contribution >= 4 is 5.91 Å². The minimum atomic E-state index is -0.806. The Balaban J connectivity index is 1.35. The second-order valence-corrected chi connectivity index (χ2v) is 7.80. The van der Waals surface area contributed by atoms with Gasteiger partial charge in [0.05, 0.1) is 5.56 Å². The Morgan fingerprint density at radius 2 is 1.69 bits per heavy atom. The van der Waals surface area contributed by atoms with Crippen LogP contribution in [0.2, 0.25) is 0 Å². The van der Waals surface area contributed by atoms with E-state index in [0.29, 0.717) is 23.4 Å². The molecule has 0 N–H and O–H groups in total. The van der Waals surface area contributed by atoms with Gasteiger partial charge in [0, 0.05) is 38.3 Å². The molecular weight excluding hydrogens is 374 g/mol. The maximum Gasteiger partial charge on any atom is 0.257 e. The Labute approximate surface area is 170 Å². The van der Waals surface area contributed by atoms with Crippen molar-refractivity contribution in [3.63, 3.8) is 0 Å². The highest BCUT2D eigenvalue weighted by Crippen LogP contribution is 2.26. The van der Waals surface area contributed by atoms with Crippen molar-refractivity contribution in [1.82, 2.24) is 9.80 Å². The maximum absolute atomic E-state index is 13.9. The lowest BCUT2D eigenvalue weighted by molar-refractivity contribution is 0.0764. The molecule has 4 nitrogen and oxygen atoms in total. The van der Waals surface area contributed by atoms with Gasteiger partial charge in [0.25, 0.3) is 5.91 Å². The molecule has 1 amide bonds. The fraction of sp³-hybridized carbons (Fsp3) is 0.435. The molecule has 2 aliphatic rings. The van der Waals surface area contributed by atoms with Crippen molar-refractivity contribution in [3.8, 4) is 5.75 Å². The smallest absolute Gasteiger partial charge is 0.257 e. The monoisotopic (exact) mass is 400 g/mol. The summed E-state index contributed by atoms with van der Waals surface area (Å²) < 4.78 is 33.5. The fourth-order valence-corrected chi connectivity index (χ4v) is 4.11. The number of hydrogen-bond acceptors (Lipinski definition) is 3. The Hall–Kier alpha value is -2.47. The van der Waals surface area contributed by atoms with E-state index in [9.17, 15) is 13.6 Å². The summed E-state index contributed by atoms with van der Waals surface area (Å²) in [5, 5.41) is 0. The number of rotatable bonds is 5. The predicted molar refractivity (Wildman–Crippen MR) is 107 cm³/mol. The summed E-state index contributed by atoms with van der Waals surface area (Å²) in [7, 11) is 0. The van der Waals surface area contributed by atoms with Crippen LogP contribution in [0.15, 0.2) is 42.5 Å². The molecule has 0 saturated carbocycles. The zero-order valence-corrected chi connectivity index (χ0v) is 16.4. The second kappa shape index (κ2) is 8.91. The number of carbonyl (C=O) groups is 1. The van der Waals surface area contributed by atoms with E-state index in [1.807, 2.05) is 29.2 Å². The molecular formula is C23H26F2N2O2. The number of likely N-dealkylation sites (tertiary alicyclic amines) is 2. The van der Waals surface area contributed by atoms with Gasteiger partial charge in [0.1, 0.15) is 11.9 Å². The highest BCUT2D eigenvalue weighted by molar-refractivity contribution is 5.97. The first-order chi connectivity index (χ1) is 14.1. The molecule has 6 heteroatoms. The van der Waals surface area contributed by atoms with E-state index in [1.165, 1.54) is 6.07 Å². The standard InChI is InChI=1S/C23H26F2N2O2/c24-20-8-5-6-17(22(20)25)16-26-14-10-18(11-15-26)29-21-9-2-1-7-19(21)23(28)27-12-3-4-13-27/h1-2,5-9,18H,3-4,10-16H2. The van der Waals surface area contributed by atoms with Crippen molar-refractivity contribution in [2.45, 2.75) is 38.3 Å². The van der Waals surface area contributed by atoms with Gasteiger partial charge < -0.3 is 9.64 Å². The molecule has 0 bridgehead atoms. The molecule has 29 heavy (non-hydrogen) atoms. The number of nitrogens with zero attached hydrogens (tertiary/aromatic N) is 2. The number of amides is 1. The van der Waals surface area contributed by atoms with E-state index >= 15 is 0 Å². The summed E-state index contributed by atoms with van der Waals surface area (Å²) in [6.07, 6.45) is 3.68. The van der Waals surface area contributed by atoms with Gasteiger partial charge in [-0.3, -0.25) is 9.69 Å². The van der Waals surface area contributed by atoms with E-state index < -0.39 is 11.6 Å². The van der Waals surface area contributed by atoms with Gasteiger partial charge in [-0.05, 0) is 43.9 Å². The Morgan fingerprint density at radius 3 is 2.45 bits per heavy atom. The summed E-state index contributed by atoms with van der Waals surface area (Å²) in [4.78, 5) is 16.8. The third-order valence-corrected chi connectivity index (χ3v) is 5.76.